The van der Waals surface area contributed by atoms with Crippen LogP contribution < -0.4 is 10.6 Å². The number of amides is 2. The van der Waals surface area contributed by atoms with Crippen LogP contribution in [0.1, 0.15) is 27.0 Å². The molecule has 0 fully saturated rings. The number of hydrogen-bond acceptors (Lipinski definition) is 4. The molecule has 32 heavy (non-hydrogen) atoms. The number of para-hydroxylation sites is 1. The summed E-state index contributed by atoms with van der Waals surface area (Å²) in [6, 6.07) is 23.2. The minimum absolute atomic E-state index is 0.338. The van der Waals surface area contributed by atoms with Crippen molar-refractivity contribution in [2.45, 2.75) is 13.0 Å². The summed E-state index contributed by atoms with van der Waals surface area (Å²) in [5.41, 5.74) is 2.57. The lowest BCUT2D eigenvalue weighted by Gasteiger charge is -2.18. The third kappa shape index (κ3) is 4.90. The van der Waals surface area contributed by atoms with Crippen LogP contribution in [0.2, 0.25) is 0 Å². The molecule has 2 N–H and O–H groups in total. The maximum Gasteiger partial charge on any atom is 0.264 e. The third-order valence-electron chi connectivity index (χ3n) is 4.81. The number of aryl methyl sites for hydroxylation is 1. The number of anilines is 1. The van der Waals surface area contributed by atoms with Crippen LogP contribution in [-0.4, -0.2) is 16.8 Å². The average molecular weight is 446 g/mol. The Bertz CT molecular complexity index is 1230. The summed E-state index contributed by atoms with van der Waals surface area (Å²) in [5, 5.41) is 6.30. The molecule has 1 unspecified atom stereocenters. The Balaban J connectivity index is 1.59. The number of benzene rings is 3. The predicted octanol–water partition coefficient (Wildman–Crippen LogP) is 5.37. The number of hydrogen-bond donors (Lipinski definition) is 2. The summed E-state index contributed by atoms with van der Waals surface area (Å²) in [5.74, 6) is -1.09. The molecule has 0 saturated carbocycles. The molecule has 0 aliphatic carbocycles. The van der Waals surface area contributed by atoms with Crippen molar-refractivity contribution in [2.75, 3.05) is 5.32 Å². The molecule has 1 aromatic heterocycles. The fourth-order valence-electron chi connectivity index (χ4n) is 3.20. The first-order valence-corrected chi connectivity index (χ1v) is 10.8. The van der Waals surface area contributed by atoms with Crippen molar-refractivity contribution in [3.8, 4) is 10.6 Å². The summed E-state index contributed by atoms with van der Waals surface area (Å²) in [4.78, 5) is 31.0. The van der Waals surface area contributed by atoms with Gasteiger partial charge in [0.25, 0.3) is 11.8 Å². The van der Waals surface area contributed by atoms with Gasteiger partial charge in [-0.3, -0.25) is 9.59 Å². The lowest BCUT2D eigenvalue weighted by molar-refractivity contribution is -0.118. The van der Waals surface area contributed by atoms with Crippen LogP contribution in [0.3, 0.4) is 0 Å². The fourth-order valence-corrected chi connectivity index (χ4v) is 4.18. The molecule has 0 radical (unpaired) electrons. The van der Waals surface area contributed by atoms with Gasteiger partial charge in [-0.2, -0.15) is 0 Å². The number of thiazole rings is 1. The van der Waals surface area contributed by atoms with Crippen molar-refractivity contribution in [3.63, 3.8) is 0 Å². The molecule has 0 aliphatic heterocycles. The Labute approximate surface area is 189 Å². The van der Waals surface area contributed by atoms with Gasteiger partial charge >= 0.3 is 0 Å². The Kier molecular flexibility index (Phi) is 6.37. The molecule has 0 bridgehead atoms. The molecular weight excluding hydrogens is 425 g/mol. The fraction of sp³-hybridized carbons (Fsp3) is 0.0800. The third-order valence-corrected chi connectivity index (χ3v) is 6.01. The molecule has 0 saturated heterocycles. The monoisotopic (exact) mass is 445 g/mol. The van der Waals surface area contributed by atoms with E-state index >= 15 is 0 Å². The van der Waals surface area contributed by atoms with E-state index in [1.54, 1.807) is 43.3 Å². The van der Waals surface area contributed by atoms with E-state index in [0.717, 1.165) is 5.56 Å². The smallest absolute Gasteiger partial charge is 0.264 e. The second-order valence-corrected chi connectivity index (χ2v) is 8.11. The van der Waals surface area contributed by atoms with E-state index in [1.165, 1.54) is 23.5 Å². The van der Waals surface area contributed by atoms with Crippen molar-refractivity contribution >= 4 is 28.8 Å². The van der Waals surface area contributed by atoms with Crippen molar-refractivity contribution in [2.24, 2.45) is 0 Å². The van der Waals surface area contributed by atoms with Gasteiger partial charge in [-0.15, -0.1) is 11.3 Å². The summed E-state index contributed by atoms with van der Waals surface area (Å²) < 4.78 is 13.2. The van der Waals surface area contributed by atoms with Crippen molar-refractivity contribution in [3.05, 3.63) is 107 Å². The first kappa shape index (κ1) is 21.4. The number of aromatic nitrogens is 1. The zero-order valence-corrected chi connectivity index (χ0v) is 18.0. The highest BCUT2D eigenvalue weighted by molar-refractivity contribution is 7.17. The van der Waals surface area contributed by atoms with Gasteiger partial charge in [-0.05, 0) is 48.9 Å². The molecule has 7 heteroatoms. The lowest BCUT2D eigenvalue weighted by Crippen LogP contribution is -2.37. The lowest BCUT2D eigenvalue weighted by atomic mass is 10.1. The standard InChI is InChI=1S/C25H20FN3O2S/c1-16-22(32-25(27-16)18-12-14-19(26)15-13-18)24(31)29-21(17-8-4-2-5-9-17)23(30)28-20-10-6-3-7-11-20/h2-15,21H,1H3,(H,28,30)(H,29,31). The molecule has 2 amide bonds. The van der Waals surface area contributed by atoms with E-state index in [9.17, 15) is 14.0 Å². The zero-order chi connectivity index (χ0) is 22.5. The summed E-state index contributed by atoms with van der Waals surface area (Å²) in [7, 11) is 0. The normalized spacial score (nSPS) is 11.6. The minimum Gasteiger partial charge on any atom is -0.336 e. The largest absolute Gasteiger partial charge is 0.336 e. The van der Waals surface area contributed by atoms with Crippen LogP contribution in [0.4, 0.5) is 10.1 Å². The maximum atomic E-state index is 13.2. The Morgan fingerprint density at radius 2 is 1.53 bits per heavy atom. The Morgan fingerprint density at radius 1 is 0.906 bits per heavy atom. The molecule has 5 nitrogen and oxygen atoms in total. The number of carbonyl (C=O) groups is 2. The second kappa shape index (κ2) is 9.53. The number of rotatable bonds is 6. The number of nitrogens with zero attached hydrogens (tertiary/aromatic N) is 1. The molecule has 3 aromatic carbocycles. The van der Waals surface area contributed by atoms with E-state index in [4.69, 9.17) is 0 Å². The van der Waals surface area contributed by atoms with Crippen molar-refractivity contribution < 1.29 is 14.0 Å². The number of halogens is 1. The first-order valence-electron chi connectivity index (χ1n) is 9.96. The van der Waals surface area contributed by atoms with Crippen LogP contribution in [-0.2, 0) is 4.79 Å². The summed E-state index contributed by atoms with van der Waals surface area (Å²) in [6.07, 6.45) is 0. The molecule has 0 spiro atoms. The maximum absolute atomic E-state index is 13.2. The van der Waals surface area contributed by atoms with Gasteiger partial charge in [0.1, 0.15) is 21.7 Å². The Hall–Kier alpha value is -3.84. The van der Waals surface area contributed by atoms with Gasteiger partial charge in [0.15, 0.2) is 0 Å². The van der Waals surface area contributed by atoms with Crippen LogP contribution in [0, 0.1) is 12.7 Å². The highest BCUT2D eigenvalue weighted by Gasteiger charge is 2.25. The second-order valence-electron chi connectivity index (χ2n) is 7.11. The molecule has 0 aliphatic rings. The number of nitrogens with one attached hydrogen (secondary N) is 2. The van der Waals surface area contributed by atoms with E-state index in [0.29, 0.717) is 26.8 Å². The molecule has 4 aromatic rings. The van der Waals surface area contributed by atoms with E-state index < -0.39 is 11.9 Å². The highest BCUT2D eigenvalue weighted by Crippen LogP contribution is 2.29. The highest BCUT2D eigenvalue weighted by atomic mass is 32.1. The molecule has 4 rings (SSSR count). The predicted molar refractivity (Wildman–Crippen MR) is 124 cm³/mol. The van der Waals surface area contributed by atoms with Gasteiger partial charge < -0.3 is 10.6 Å². The van der Waals surface area contributed by atoms with E-state index in [1.807, 2.05) is 36.4 Å². The molecule has 1 heterocycles. The quantitative estimate of drug-likeness (QED) is 0.419. The van der Waals surface area contributed by atoms with Gasteiger partial charge in [0.05, 0.1) is 5.69 Å². The van der Waals surface area contributed by atoms with Gasteiger partial charge in [0, 0.05) is 11.3 Å². The van der Waals surface area contributed by atoms with Gasteiger partial charge in [-0.25, -0.2) is 9.37 Å². The van der Waals surface area contributed by atoms with Crippen LogP contribution in [0.25, 0.3) is 10.6 Å². The van der Waals surface area contributed by atoms with Crippen LogP contribution >= 0.6 is 11.3 Å². The SMILES string of the molecule is Cc1nc(-c2ccc(F)cc2)sc1C(=O)NC(C(=O)Nc1ccccc1)c1ccccc1. The zero-order valence-electron chi connectivity index (χ0n) is 17.2. The van der Waals surface area contributed by atoms with E-state index in [2.05, 4.69) is 15.6 Å². The topological polar surface area (TPSA) is 71.1 Å². The molecule has 1 atom stereocenters. The summed E-state index contributed by atoms with van der Waals surface area (Å²) in [6.45, 7) is 1.74. The first-order chi connectivity index (χ1) is 15.5. The van der Waals surface area contributed by atoms with Gasteiger partial charge in [0.2, 0.25) is 0 Å². The average Bonchev–Trinajstić information content (AvgIpc) is 3.20. The van der Waals surface area contributed by atoms with Crippen molar-refractivity contribution in [1.82, 2.24) is 10.3 Å². The van der Waals surface area contributed by atoms with Crippen LogP contribution in [0.5, 0.6) is 0 Å². The van der Waals surface area contributed by atoms with Crippen molar-refractivity contribution in [1.29, 1.82) is 0 Å². The Morgan fingerprint density at radius 3 is 2.19 bits per heavy atom. The molecular formula is C25H20FN3O2S. The van der Waals surface area contributed by atoms with Gasteiger partial charge in [-0.1, -0.05) is 48.5 Å². The minimum atomic E-state index is -0.889. The molecule has 160 valence electrons. The van der Waals surface area contributed by atoms with Crippen LogP contribution in [0.15, 0.2) is 84.9 Å². The summed E-state index contributed by atoms with van der Waals surface area (Å²) >= 11 is 1.20. The number of carbonyl (C=O) groups excluding carboxylic acids is 2. The van der Waals surface area contributed by atoms with E-state index in [-0.39, 0.29) is 11.7 Å².